The molecular weight excluding hydrogens is 314 g/mol. The standard InChI is InChI=1S/C14H19N7O3/c1-20(2)10-4-5-12(16-8-10)17-14(23)15-6-7-21-9-11(18-19-21)13(22)24-3/h4-5,8-9H,6-7H2,1-3H3,(H2,15,16,17,23). The fraction of sp³-hybridized carbons (Fsp3) is 0.357. The molecule has 2 rings (SSSR count). The number of ether oxygens (including phenoxy) is 1. The number of urea groups is 1. The fourth-order valence-corrected chi connectivity index (χ4v) is 1.77. The maximum Gasteiger partial charge on any atom is 0.360 e. The Balaban J connectivity index is 1.77. The van der Waals surface area contributed by atoms with E-state index >= 15 is 0 Å². The maximum absolute atomic E-state index is 11.8. The third kappa shape index (κ3) is 4.66. The molecule has 0 radical (unpaired) electrons. The SMILES string of the molecule is COC(=O)c1cn(CCNC(=O)Nc2ccc(N(C)C)cn2)nn1. The molecule has 2 heterocycles. The molecule has 0 spiro atoms. The van der Waals surface area contributed by atoms with Gasteiger partial charge in [0, 0.05) is 20.6 Å². The molecule has 2 amide bonds. The van der Waals surface area contributed by atoms with Gasteiger partial charge >= 0.3 is 12.0 Å². The summed E-state index contributed by atoms with van der Waals surface area (Å²) in [7, 11) is 5.09. The van der Waals surface area contributed by atoms with Gasteiger partial charge in [0.2, 0.25) is 0 Å². The van der Waals surface area contributed by atoms with Crippen molar-refractivity contribution in [2.75, 3.05) is 38.0 Å². The van der Waals surface area contributed by atoms with Gasteiger partial charge in [0.25, 0.3) is 0 Å². The van der Waals surface area contributed by atoms with Crippen LogP contribution >= 0.6 is 0 Å². The minimum atomic E-state index is -0.556. The average molecular weight is 333 g/mol. The van der Waals surface area contributed by atoms with Crippen LogP contribution in [0.4, 0.5) is 16.3 Å². The molecule has 2 aromatic heterocycles. The summed E-state index contributed by atoms with van der Waals surface area (Å²) in [5.41, 5.74) is 1.06. The number of amides is 2. The second-order valence-corrected chi connectivity index (χ2v) is 5.04. The van der Waals surface area contributed by atoms with Crippen LogP contribution in [0.3, 0.4) is 0 Å². The summed E-state index contributed by atoms with van der Waals surface area (Å²) < 4.78 is 5.98. The predicted molar refractivity (Wildman–Crippen MR) is 86.9 cm³/mol. The molecule has 2 aromatic rings. The van der Waals surface area contributed by atoms with E-state index in [1.807, 2.05) is 25.1 Å². The number of hydrogen-bond donors (Lipinski definition) is 2. The van der Waals surface area contributed by atoms with Crippen molar-refractivity contribution >= 4 is 23.5 Å². The lowest BCUT2D eigenvalue weighted by molar-refractivity contribution is 0.0594. The van der Waals surface area contributed by atoms with Crippen LogP contribution in [-0.2, 0) is 11.3 Å². The van der Waals surface area contributed by atoms with Crippen molar-refractivity contribution in [3.63, 3.8) is 0 Å². The second kappa shape index (κ2) is 7.90. The van der Waals surface area contributed by atoms with E-state index in [1.165, 1.54) is 18.0 Å². The molecular formula is C14H19N7O3. The number of pyridine rings is 1. The lowest BCUT2D eigenvalue weighted by atomic mass is 10.4. The quantitative estimate of drug-likeness (QED) is 0.733. The van der Waals surface area contributed by atoms with Gasteiger partial charge in [0.05, 0.1) is 31.7 Å². The predicted octanol–water partition coefficient (Wildman–Crippen LogP) is 0.347. The molecule has 0 aliphatic rings. The number of esters is 1. The van der Waals surface area contributed by atoms with Crippen LogP contribution < -0.4 is 15.5 Å². The van der Waals surface area contributed by atoms with E-state index in [2.05, 4.69) is 30.7 Å². The number of hydrogen-bond acceptors (Lipinski definition) is 7. The van der Waals surface area contributed by atoms with Gasteiger partial charge < -0.3 is 15.0 Å². The Morgan fingerprint density at radius 1 is 1.33 bits per heavy atom. The molecule has 0 aliphatic heterocycles. The summed E-state index contributed by atoms with van der Waals surface area (Å²) in [5, 5.41) is 12.7. The Kier molecular flexibility index (Phi) is 5.66. The minimum Gasteiger partial charge on any atom is -0.464 e. The number of carbonyl (C=O) groups is 2. The first kappa shape index (κ1) is 17.2. The van der Waals surface area contributed by atoms with E-state index in [0.29, 0.717) is 18.9 Å². The smallest absolute Gasteiger partial charge is 0.360 e. The van der Waals surface area contributed by atoms with Crippen LogP contribution in [-0.4, -0.2) is 59.7 Å². The van der Waals surface area contributed by atoms with Crippen molar-refractivity contribution in [1.82, 2.24) is 25.3 Å². The topological polar surface area (TPSA) is 114 Å². The Labute approximate surface area is 138 Å². The van der Waals surface area contributed by atoms with Crippen molar-refractivity contribution in [2.45, 2.75) is 6.54 Å². The van der Waals surface area contributed by atoms with Gasteiger partial charge in [-0.05, 0) is 12.1 Å². The van der Waals surface area contributed by atoms with Crippen LogP contribution in [0.25, 0.3) is 0 Å². The third-order valence-corrected chi connectivity index (χ3v) is 3.07. The van der Waals surface area contributed by atoms with Gasteiger partial charge in [-0.3, -0.25) is 5.32 Å². The molecule has 0 saturated carbocycles. The van der Waals surface area contributed by atoms with Gasteiger partial charge in [0.15, 0.2) is 5.69 Å². The second-order valence-electron chi connectivity index (χ2n) is 5.04. The summed E-state index contributed by atoms with van der Waals surface area (Å²) in [5.74, 6) is -0.106. The van der Waals surface area contributed by atoms with Crippen LogP contribution in [0, 0.1) is 0 Å². The van der Waals surface area contributed by atoms with Crippen molar-refractivity contribution in [3.8, 4) is 0 Å². The minimum absolute atomic E-state index is 0.118. The first-order valence-corrected chi connectivity index (χ1v) is 7.16. The molecule has 0 aliphatic carbocycles. The molecule has 24 heavy (non-hydrogen) atoms. The number of anilines is 2. The highest BCUT2D eigenvalue weighted by molar-refractivity contribution is 5.88. The molecule has 10 nitrogen and oxygen atoms in total. The number of nitrogens with zero attached hydrogens (tertiary/aromatic N) is 5. The first-order chi connectivity index (χ1) is 11.5. The van der Waals surface area contributed by atoms with E-state index in [0.717, 1.165) is 5.69 Å². The zero-order chi connectivity index (χ0) is 17.5. The zero-order valence-electron chi connectivity index (χ0n) is 13.7. The maximum atomic E-state index is 11.8. The van der Waals surface area contributed by atoms with Crippen LogP contribution in [0.2, 0.25) is 0 Å². The summed E-state index contributed by atoms with van der Waals surface area (Å²) in [6.07, 6.45) is 3.12. The van der Waals surface area contributed by atoms with Gasteiger partial charge in [-0.15, -0.1) is 5.10 Å². The summed E-state index contributed by atoms with van der Waals surface area (Å²) in [6, 6.07) is 3.19. The van der Waals surface area contributed by atoms with Gasteiger partial charge in [0.1, 0.15) is 5.82 Å². The van der Waals surface area contributed by atoms with E-state index in [9.17, 15) is 9.59 Å². The largest absolute Gasteiger partial charge is 0.464 e. The van der Waals surface area contributed by atoms with Gasteiger partial charge in [-0.25, -0.2) is 19.3 Å². The molecule has 0 unspecified atom stereocenters. The van der Waals surface area contributed by atoms with E-state index < -0.39 is 5.97 Å². The lowest BCUT2D eigenvalue weighted by Crippen LogP contribution is -2.31. The molecule has 10 heteroatoms. The number of carbonyl (C=O) groups excluding carboxylic acids is 2. The number of methoxy groups -OCH3 is 1. The molecule has 2 N–H and O–H groups in total. The van der Waals surface area contributed by atoms with Crippen LogP contribution in [0.5, 0.6) is 0 Å². The monoisotopic (exact) mass is 333 g/mol. The number of aromatic nitrogens is 4. The summed E-state index contributed by atoms with van der Waals surface area (Å²) in [4.78, 5) is 29.1. The number of rotatable bonds is 6. The highest BCUT2D eigenvalue weighted by Gasteiger charge is 2.10. The van der Waals surface area contributed by atoms with Crippen molar-refractivity contribution in [1.29, 1.82) is 0 Å². The van der Waals surface area contributed by atoms with E-state index in [-0.39, 0.29) is 11.7 Å². The van der Waals surface area contributed by atoms with Crippen LogP contribution in [0.1, 0.15) is 10.5 Å². The van der Waals surface area contributed by atoms with E-state index in [4.69, 9.17) is 0 Å². The molecule has 0 atom stereocenters. The Bertz CT molecular complexity index is 697. The Morgan fingerprint density at radius 2 is 2.12 bits per heavy atom. The highest BCUT2D eigenvalue weighted by Crippen LogP contribution is 2.11. The zero-order valence-corrected chi connectivity index (χ0v) is 13.7. The molecule has 0 saturated heterocycles. The van der Waals surface area contributed by atoms with Gasteiger partial charge in [-0.1, -0.05) is 5.21 Å². The lowest BCUT2D eigenvalue weighted by Gasteiger charge is -2.12. The summed E-state index contributed by atoms with van der Waals surface area (Å²) in [6.45, 7) is 0.677. The molecule has 0 aromatic carbocycles. The Hall–Kier alpha value is -3.17. The molecule has 0 bridgehead atoms. The van der Waals surface area contributed by atoms with Crippen molar-refractivity contribution in [2.24, 2.45) is 0 Å². The van der Waals surface area contributed by atoms with Crippen molar-refractivity contribution < 1.29 is 14.3 Å². The van der Waals surface area contributed by atoms with Crippen molar-refractivity contribution in [3.05, 3.63) is 30.2 Å². The first-order valence-electron chi connectivity index (χ1n) is 7.16. The molecule has 128 valence electrons. The molecule has 0 fully saturated rings. The van der Waals surface area contributed by atoms with E-state index in [1.54, 1.807) is 12.3 Å². The fourth-order valence-electron chi connectivity index (χ4n) is 1.77. The highest BCUT2D eigenvalue weighted by atomic mass is 16.5. The Morgan fingerprint density at radius 3 is 2.75 bits per heavy atom. The third-order valence-electron chi connectivity index (χ3n) is 3.07. The van der Waals surface area contributed by atoms with Crippen LogP contribution in [0.15, 0.2) is 24.5 Å². The van der Waals surface area contributed by atoms with Gasteiger partial charge in [-0.2, -0.15) is 0 Å². The normalized spacial score (nSPS) is 10.1. The summed E-state index contributed by atoms with van der Waals surface area (Å²) >= 11 is 0. The number of nitrogens with one attached hydrogen (secondary N) is 2. The average Bonchev–Trinajstić information content (AvgIpc) is 3.03.